The summed E-state index contributed by atoms with van der Waals surface area (Å²) in [5.41, 5.74) is 5.72. The van der Waals surface area contributed by atoms with Gasteiger partial charge in [-0.3, -0.25) is 4.79 Å². The van der Waals surface area contributed by atoms with Gasteiger partial charge in [-0.1, -0.05) is 30.3 Å². The zero-order chi connectivity index (χ0) is 16.5. The van der Waals surface area contributed by atoms with E-state index >= 15 is 0 Å². The van der Waals surface area contributed by atoms with Gasteiger partial charge in [0.25, 0.3) is 0 Å². The molecule has 3 nitrogen and oxygen atoms in total. The molecule has 1 aromatic carbocycles. The molecule has 1 aliphatic rings. The lowest BCUT2D eigenvalue weighted by molar-refractivity contribution is -0.191. The van der Waals surface area contributed by atoms with Crippen molar-refractivity contribution in [2.24, 2.45) is 11.7 Å². The Morgan fingerprint density at radius 3 is 2.32 bits per heavy atom. The first kappa shape index (κ1) is 16.8. The standard InChI is InChI=1S/C16H21F3N2O/c1-15(2,11-6-4-3-5-7-11)14(22)21-9-8-12(13(20)10-21)16(17,18)19/h3-7,12-13H,8-10,20H2,1-2H3. The van der Waals surface area contributed by atoms with Crippen molar-refractivity contribution in [3.05, 3.63) is 35.9 Å². The van der Waals surface area contributed by atoms with Gasteiger partial charge in [-0.15, -0.1) is 0 Å². The van der Waals surface area contributed by atoms with Crippen LogP contribution in [0.25, 0.3) is 0 Å². The number of amides is 1. The molecular weight excluding hydrogens is 293 g/mol. The first-order chi connectivity index (χ1) is 10.1. The number of alkyl halides is 3. The Morgan fingerprint density at radius 2 is 1.82 bits per heavy atom. The number of piperidine rings is 1. The molecule has 1 saturated heterocycles. The van der Waals surface area contributed by atoms with Gasteiger partial charge in [-0.2, -0.15) is 13.2 Å². The molecule has 0 saturated carbocycles. The molecule has 2 N–H and O–H groups in total. The molecule has 22 heavy (non-hydrogen) atoms. The molecular formula is C16H21F3N2O. The molecule has 122 valence electrons. The van der Waals surface area contributed by atoms with Crippen LogP contribution >= 0.6 is 0 Å². The fourth-order valence-electron chi connectivity index (χ4n) is 2.95. The highest BCUT2D eigenvalue weighted by Crippen LogP contribution is 2.35. The molecule has 0 bridgehead atoms. The first-order valence-corrected chi connectivity index (χ1v) is 7.31. The molecule has 1 fully saturated rings. The van der Waals surface area contributed by atoms with Crippen LogP contribution in [0.4, 0.5) is 13.2 Å². The molecule has 2 atom stereocenters. The normalized spacial score (nSPS) is 23.5. The summed E-state index contributed by atoms with van der Waals surface area (Å²) in [6.45, 7) is 3.60. The van der Waals surface area contributed by atoms with Crippen LogP contribution in [0.2, 0.25) is 0 Å². The van der Waals surface area contributed by atoms with Crippen molar-refractivity contribution in [1.29, 1.82) is 0 Å². The van der Waals surface area contributed by atoms with E-state index < -0.39 is 23.6 Å². The van der Waals surface area contributed by atoms with Gasteiger partial charge in [0.15, 0.2) is 0 Å². The van der Waals surface area contributed by atoms with E-state index in [2.05, 4.69) is 0 Å². The second-order valence-electron chi connectivity index (χ2n) is 6.34. The van der Waals surface area contributed by atoms with Gasteiger partial charge in [0.1, 0.15) is 0 Å². The van der Waals surface area contributed by atoms with Gasteiger partial charge in [0.05, 0.1) is 11.3 Å². The van der Waals surface area contributed by atoms with Crippen LogP contribution in [0.5, 0.6) is 0 Å². The Labute approximate surface area is 128 Å². The first-order valence-electron chi connectivity index (χ1n) is 7.31. The van der Waals surface area contributed by atoms with Gasteiger partial charge in [-0.05, 0) is 25.8 Å². The third-order valence-electron chi connectivity index (χ3n) is 4.40. The number of nitrogens with zero attached hydrogens (tertiary/aromatic N) is 1. The van der Waals surface area contributed by atoms with Gasteiger partial charge < -0.3 is 10.6 Å². The molecule has 1 aromatic rings. The number of halogens is 3. The molecule has 0 spiro atoms. The number of rotatable bonds is 2. The minimum absolute atomic E-state index is 0.0563. The van der Waals surface area contributed by atoms with E-state index in [0.717, 1.165) is 5.56 Å². The fraction of sp³-hybridized carbons (Fsp3) is 0.562. The molecule has 1 aliphatic heterocycles. The zero-order valence-corrected chi connectivity index (χ0v) is 12.7. The lowest BCUT2D eigenvalue weighted by atomic mass is 9.82. The van der Waals surface area contributed by atoms with Crippen molar-refractivity contribution < 1.29 is 18.0 Å². The SMILES string of the molecule is CC(C)(C(=O)N1CCC(C(F)(F)F)C(N)C1)c1ccccc1. The largest absolute Gasteiger partial charge is 0.393 e. The summed E-state index contributed by atoms with van der Waals surface area (Å²) in [5, 5.41) is 0. The van der Waals surface area contributed by atoms with E-state index in [-0.39, 0.29) is 25.4 Å². The average molecular weight is 314 g/mol. The predicted molar refractivity (Wildman–Crippen MR) is 78.2 cm³/mol. The summed E-state index contributed by atoms with van der Waals surface area (Å²) in [5.74, 6) is -1.72. The van der Waals surface area contributed by atoms with Crippen molar-refractivity contribution in [3.8, 4) is 0 Å². The number of hydrogen-bond donors (Lipinski definition) is 1. The lowest BCUT2D eigenvalue weighted by Gasteiger charge is -2.40. The van der Waals surface area contributed by atoms with Gasteiger partial charge in [0, 0.05) is 19.1 Å². The van der Waals surface area contributed by atoms with Crippen LogP contribution in [-0.4, -0.2) is 36.1 Å². The minimum atomic E-state index is -4.30. The minimum Gasteiger partial charge on any atom is -0.340 e. The highest BCUT2D eigenvalue weighted by atomic mass is 19.4. The van der Waals surface area contributed by atoms with Crippen LogP contribution < -0.4 is 5.73 Å². The summed E-state index contributed by atoms with van der Waals surface area (Å²) in [6, 6.07) is 8.16. The lowest BCUT2D eigenvalue weighted by Crippen LogP contribution is -2.57. The van der Waals surface area contributed by atoms with Crippen LogP contribution in [-0.2, 0) is 10.2 Å². The van der Waals surface area contributed by atoms with E-state index in [1.165, 1.54) is 4.90 Å². The topological polar surface area (TPSA) is 46.3 Å². The van der Waals surface area contributed by atoms with E-state index in [1.54, 1.807) is 13.8 Å². The third kappa shape index (κ3) is 3.27. The highest BCUT2D eigenvalue weighted by molar-refractivity contribution is 5.87. The maximum absolute atomic E-state index is 12.8. The maximum Gasteiger partial charge on any atom is 0.393 e. The predicted octanol–water partition coefficient (Wildman–Crippen LogP) is 2.70. The molecule has 1 heterocycles. The van der Waals surface area contributed by atoms with E-state index in [0.29, 0.717) is 0 Å². The second-order valence-corrected chi connectivity index (χ2v) is 6.34. The average Bonchev–Trinajstić information content (AvgIpc) is 2.46. The summed E-state index contributed by atoms with van der Waals surface area (Å²) in [4.78, 5) is 14.2. The quantitative estimate of drug-likeness (QED) is 0.912. The zero-order valence-electron chi connectivity index (χ0n) is 12.7. The summed E-state index contributed by atoms with van der Waals surface area (Å²) in [6.07, 6.45) is -4.44. The van der Waals surface area contributed by atoms with Crippen molar-refractivity contribution in [1.82, 2.24) is 4.90 Å². The van der Waals surface area contributed by atoms with Crippen LogP contribution in [0.3, 0.4) is 0 Å². The molecule has 2 unspecified atom stereocenters. The molecule has 6 heteroatoms. The number of hydrogen-bond acceptors (Lipinski definition) is 2. The maximum atomic E-state index is 12.8. The van der Waals surface area contributed by atoms with E-state index in [9.17, 15) is 18.0 Å². The van der Waals surface area contributed by atoms with Crippen molar-refractivity contribution in [2.75, 3.05) is 13.1 Å². The molecule has 2 rings (SSSR count). The Hall–Kier alpha value is -1.56. The van der Waals surface area contributed by atoms with Crippen LogP contribution in [0, 0.1) is 5.92 Å². The van der Waals surface area contributed by atoms with Crippen molar-refractivity contribution in [3.63, 3.8) is 0 Å². The molecule has 0 aromatic heterocycles. The van der Waals surface area contributed by atoms with Gasteiger partial charge in [-0.25, -0.2) is 0 Å². The van der Waals surface area contributed by atoms with Crippen LogP contribution in [0.15, 0.2) is 30.3 Å². The highest BCUT2D eigenvalue weighted by Gasteiger charge is 2.47. The summed E-state index contributed by atoms with van der Waals surface area (Å²) in [7, 11) is 0. The summed E-state index contributed by atoms with van der Waals surface area (Å²) >= 11 is 0. The Balaban J connectivity index is 2.12. The number of nitrogens with two attached hydrogens (primary N) is 1. The fourth-order valence-corrected chi connectivity index (χ4v) is 2.95. The Morgan fingerprint density at radius 1 is 1.23 bits per heavy atom. The Bertz CT molecular complexity index is 528. The number of carbonyl (C=O) groups excluding carboxylic acids is 1. The number of benzene rings is 1. The van der Waals surface area contributed by atoms with Gasteiger partial charge >= 0.3 is 6.18 Å². The number of likely N-dealkylation sites (tertiary alicyclic amines) is 1. The van der Waals surface area contributed by atoms with E-state index in [4.69, 9.17) is 5.73 Å². The second kappa shape index (κ2) is 5.91. The molecule has 1 amide bonds. The monoisotopic (exact) mass is 314 g/mol. The van der Waals surface area contributed by atoms with Gasteiger partial charge in [0.2, 0.25) is 5.91 Å². The number of carbonyl (C=O) groups is 1. The molecule has 0 radical (unpaired) electrons. The third-order valence-corrected chi connectivity index (χ3v) is 4.40. The summed E-state index contributed by atoms with van der Waals surface area (Å²) < 4.78 is 38.5. The van der Waals surface area contributed by atoms with Crippen molar-refractivity contribution in [2.45, 2.75) is 37.9 Å². The Kier molecular flexibility index (Phi) is 4.52. The molecule has 0 aliphatic carbocycles. The van der Waals surface area contributed by atoms with Crippen molar-refractivity contribution >= 4 is 5.91 Å². The van der Waals surface area contributed by atoms with E-state index in [1.807, 2.05) is 30.3 Å². The smallest absolute Gasteiger partial charge is 0.340 e. The van der Waals surface area contributed by atoms with Crippen LogP contribution in [0.1, 0.15) is 25.8 Å².